The Morgan fingerprint density at radius 1 is 0.947 bits per heavy atom. The minimum absolute atomic E-state index is 0.0000887. The fourth-order valence-corrected chi connectivity index (χ4v) is 5.25. The van der Waals surface area contributed by atoms with E-state index < -0.39 is 15.9 Å². The second-order valence-electron chi connectivity index (χ2n) is 8.19. The third-order valence-electron chi connectivity index (χ3n) is 5.58. The Bertz CT molecular complexity index is 1520. The van der Waals surface area contributed by atoms with E-state index in [-0.39, 0.29) is 28.4 Å². The van der Waals surface area contributed by atoms with Crippen LogP contribution in [-0.4, -0.2) is 32.3 Å². The molecule has 2 N–H and O–H groups in total. The van der Waals surface area contributed by atoms with Crippen molar-refractivity contribution in [3.63, 3.8) is 0 Å². The summed E-state index contributed by atoms with van der Waals surface area (Å²) in [5.74, 6) is -0.280. The van der Waals surface area contributed by atoms with Crippen molar-refractivity contribution in [2.24, 2.45) is 5.10 Å². The highest BCUT2D eigenvalue weighted by molar-refractivity contribution is 7.92. The summed E-state index contributed by atoms with van der Waals surface area (Å²) in [6.45, 7) is 2.21. The molecule has 0 saturated carbocycles. The zero-order valence-electron chi connectivity index (χ0n) is 20.7. The topological polar surface area (TPSA) is 108 Å². The molecule has 0 heterocycles. The molecule has 38 heavy (non-hydrogen) atoms. The van der Waals surface area contributed by atoms with E-state index in [0.717, 1.165) is 5.56 Å². The van der Waals surface area contributed by atoms with Gasteiger partial charge >= 0.3 is 0 Å². The molecule has 0 saturated heterocycles. The second-order valence-corrected chi connectivity index (χ2v) is 10.0. The molecule has 1 amide bonds. The summed E-state index contributed by atoms with van der Waals surface area (Å²) in [6.07, 6.45) is 1.41. The van der Waals surface area contributed by atoms with Crippen molar-refractivity contribution >= 4 is 27.8 Å². The van der Waals surface area contributed by atoms with Crippen molar-refractivity contribution in [3.8, 4) is 11.5 Å². The first-order valence-corrected chi connectivity index (χ1v) is 13.3. The molecule has 4 aromatic carbocycles. The molecule has 0 aliphatic heterocycles. The van der Waals surface area contributed by atoms with Crippen molar-refractivity contribution in [2.45, 2.75) is 18.4 Å². The maximum absolute atomic E-state index is 13.8. The minimum atomic E-state index is -4.01. The van der Waals surface area contributed by atoms with Crippen molar-refractivity contribution in [1.82, 2.24) is 5.43 Å². The number of amides is 1. The van der Waals surface area contributed by atoms with Crippen LogP contribution >= 0.6 is 0 Å². The molecule has 0 unspecified atom stereocenters. The largest absolute Gasteiger partial charge is 0.504 e. The molecule has 0 aromatic heterocycles. The third kappa shape index (κ3) is 6.19. The SMILES string of the molecule is CCOc1cc(/C=N/NC(=O)c2ccccc2N(Cc2ccccc2)S(=O)(=O)c2ccccc2)ccc1O. The van der Waals surface area contributed by atoms with Gasteiger partial charge in [-0.05, 0) is 60.5 Å². The van der Waals surface area contributed by atoms with E-state index in [0.29, 0.717) is 17.9 Å². The van der Waals surface area contributed by atoms with Crippen LogP contribution in [0.3, 0.4) is 0 Å². The van der Waals surface area contributed by atoms with Crippen molar-refractivity contribution in [2.75, 3.05) is 10.9 Å². The normalized spacial score (nSPS) is 11.3. The number of aromatic hydroxyl groups is 1. The van der Waals surface area contributed by atoms with E-state index in [1.54, 1.807) is 61.5 Å². The Morgan fingerprint density at radius 3 is 2.32 bits per heavy atom. The van der Waals surface area contributed by atoms with E-state index in [1.807, 2.05) is 30.3 Å². The number of sulfonamides is 1. The number of hydrogen-bond acceptors (Lipinski definition) is 6. The molecule has 194 valence electrons. The van der Waals surface area contributed by atoms with Gasteiger partial charge in [-0.25, -0.2) is 13.8 Å². The quantitative estimate of drug-likeness (QED) is 0.223. The maximum atomic E-state index is 13.8. The summed E-state index contributed by atoms with van der Waals surface area (Å²) in [7, 11) is -4.01. The number of ether oxygens (including phenoxy) is 1. The zero-order valence-corrected chi connectivity index (χ0v) is 21.5. The number of nitrogens with one attached hydrogen (secondary N) is 1. The van der Waals surface area contributed by atoms with Crippen LogP contribution in [0.1, 0.15) is 28.4 Å². The highest BCUT2D eigenvalue weighted by Gasteiger charge is 2.28. The van der Waals surface area contributed by atoms with E-state index in [4.69, 9.17) is 4.74 Å². The molecule has 0 fully saturated rings. The lowest BCUT2D eigenvalue weighted by atomic mass is 10.1. The fourth-order valence-electron chi connectivity index (χ4n) is 3.76. The first-order valence-electron chi connectivity index (χ1n) is 11.9. The van der Waals surface area contributed by atoms with Crippen molar-refractivity contribution in [1.29, 1.82) is 0 Å². The lowest BCUT2D eigenvalue weighted by molar-refractivity contribution is 0.0955. The molecule has 0 bridgehead atoms. The molecule has 9 heteroatoms. The molecule has 8 nitrogen and oxygen atoms in total. The fraction of sp³-hybridized carbons (Fsp3) is 0.103. The number of rotatable bonds is 10. The number of hydrogen-bond donors (Lipinski definition) is 2. The van der Waals surface area contributed by atoms with Gasteiger partial charge in [0, 0.05) is 0 Å². The van der Waals surface area contributed by atoms with Crippen LogP contribution in [0.2, 0.25) is 0 Å². The van der Waals surface area contributed by atoms with E-state index in [1.165, 1.54) is 28.7 Å². The van der Waals surface area contributed by atoms with Crippen molar-refractivity contribution < 1.29 is 23.1 Å². The number of carbonyl (C=O) groups is 1. The van der Waals surface area contributed by atoms with Crippen LogP contribution in [0.4, 0.5) is 5.69 Å². The maximum Gasteiger partial charge on any atom is 0.273 e. The van der Waals surface area contributed by atoms with Gasteiger partial charge in [0.15, 0.2) is 11.5 Å². The van der Waals surface area contributed by atoms with E-state index in [2.05, 4.69) is 10.5 Å². The lowest BCUT2D eigenvalue weighted by Crippen LogP contribution is -2.33. The number of hydrazone groups is 1. The van der Waals surface area contributed by atoms with E-state index in [9.17, 15) is 18.3 Å². The van der Waals surface area contributed by atoms with Crippen LogP contribution < -0.4 is 14.5 Å². The van der Waals surface area contributed by atoms with Crippen LogP contribution in [0.5, 0.6) is 11.5 Å². The lowest BCUT2D eigenvalue weighted by Gasteiger charge is -2.26. The number of phenols is 1. The van der Waals surface area contributed by atoms with Gasteiger partial charge in [0.2, 0.25) is 0 Å². The first kappa shape index (κ1) is 26.4. The number of carbonyl (C=O) groups excluding carboxylic acids is 1. The predicted octanol–water partition coefficient (Wildman–Crippen LogP) is 4.95. The minimum Gasteiger partial charge on any atom is -0.504 e. The third-order valence-corrected chi connectivity index (χ3v) is 7.35. The molecular formula is C29H27N3O5S. The van der Waals surface area contributed by atoms with Crippen LogP contribution in [0, 0.1) is 0 Å². The standard InChI is InChI=1S/C29H27N3O5S/c1-2-37-28-19-23(17-18-27(28)33)20-30-31-29(34)25-15-9-10-16-26(25)32(21-22-11-5-3-6-12-22)38(35,36)24-13-7-4-8-14-24/h3-20,33H,2,21H2,1H3,(H,31,34)/b30-20+. The molecule has 0 aliphatic carbocycles. The molecule has 0 atom stereocenters. The highest BCUT2D eigenvalue weighted by Crippen LogP contribution is 2.29. The number of nitrogens with zero attached hydrogens (tertiary/aromatic N) is 2. The summed E-state index contributed by atoms with van der Waals surface area (Å²) < 4.78 is 34.1. The number of phenolic OH excluding ortho intramolecular Hbond substituents is 1. The molecule has 0 radical (unpaired) electrons. The predicted molar refractivity (Wildman–Crippen MR) is 147 cm³/mol. The molecule has 0 spiro atoms. The number of benzene rings is 4. The second kappa shape index (κ2) is 12.1. The Hall–Kier alpha value is -4.63. The summed E-state index contributed by atoms with van der Waals surface area (Å²) in [5.41, 5.74) is 4.18. The van der Waals surface area contributed by atoms with Gasteiger partial charge in [-0.3, -0.25) is 9.10 Å². The Kier molecular flexibility index (Phi) is 8.40. The molecule has 4 rings (SSSR count). The van der Waals surface area contributed by atoms with Crippen LogP contribution in [0.15, 0.2) is 113 Å². The van der Waals surface area contributed by atoms with Crippen LogP contribution in [-0.2, 0) is 16.6 Å². The van der Waals surface area contributed by atoms with Gasteiger partial charge in [-0.2, -0.15) is 5.10 Å². The smallest absolute Gasteiger partial charge is 0.273 e. The summed E-state index contributed by atoms with van der Waals surface area (Å²) >= 11 is 0. The number of anilines is 1. The molecular weight excluding hydrogens is 502 g/mol. The summed E-state index contributed by atoms with van der Waals surface area (Å²) in [5, 5.41) is 13.9. The van der Waals surface area contributed by atoms with Crippen molar-refractivity contribution in [3.05, 3.63) is 120 Å². The average molecular weight is 530 g/mol. The van der Waals surface area contributed by atoms with Gasteiger partial charge in [-0.1, -0.05) is 60.7 Å². The Morgan fingerprint density at radius 2 is 1.61 bits per heavy atom. The van der Waals surface area contributed by atoms with Gasteiger partial charge in [0.05, 0.1) is 35.5 Å². The van der Waals surface area contributed by atoms with Gasteiger partial charge < -0.3 is 9.84 Å². The van der Waals surface area contributed by atoms with Gasteiger partial charge in [0.25, 0.3) is 15.9 Å². The highest BCUT2D eigenvalue weighted by atomic mass is 32.2. The van der Waals surface area contributed by atoms with Gasteiger partial charge in [-0.15, -0.1) is 0 Å². The monoisotopic (exact) mass is 529 g/mol. The van der Waals surface area contributed by atoms with E-state index >= 15 is 0 Å². The zero-order chi connectivity index (χ0) is 27.0. The summed E-state index contributed by atoms with van der Waals surface area (Å²) in [6, 6.07) is 28.4. The number of para-hydroxylation sites is 1. The van der Waals surface area contributed by atoms with Gasteiger partial charge in [0.1, 0.15) is 0 Å². The summed E-state index contributed by atoms with van der Waals surface area (Å²) in [4.78, 5) is 13.3. The van der Waals surface area contributed by atoms with Crippen LogP contribution in [0.25, 0.3) is 0 Å². The molecule has 0 aliphatic rings. The average Bonchev–Trinajstić information content (AvgIpc) is 2.94. The Labute approximate surface area is 221 Å². The molecule has 4 aromatic rings. The first-order chi connectivity index (χ1) is 18.4. The Balaban J connectivity index is 1.65.